The van der Waals surface area contributed by atoms with Crippen LogP contribution in [0, 0.1) is 0 Å². The van der Waals surface area contributed by atoms with E-state index in [4.69, 9.17) is 0 Å². The lowest BCUT2D eigenvalue weighted by atomic mass is 10.1. The molecule has 0 saturated carbocycles. The molecule has 7 heteroatoms. The number of carbonyl (C=O) groups is 2. The molecule has 25 heavy (non-hydrogen) atoms. The Labute approximate surface area is 142 Å². The number of carbonyl (C=O) groups excluding carboxylic acids is 2. The molecule has 4 aromatic rings. The Bertz CT molecular complexity index is 1080. The number of hydrogen-bond donors (Lipinski definition) is 4. The van der Waals surface area contributed by atoms with Gasteiger partial charge in [-0.15, -0.1) is 0 Å². The fourth-order valence-electron chi connectivity index (χ4n) is 2.85. The number of nitrogens with one attached hydrogen (secondary N) is 4. The average molecular weight is 333 g/mol. The molecule has 0 atom stereocenters. The van der Waals surface area contributed by atoms with E-state index in [2.05, 4.69) is 26.0 Å². The maximum absolute atomic E-state index is 12.3. The molecule has 0 aliphatic rings. The lowest BCUT2D eigenvalue weighted by Gasteiger charge is -2.07. The molecular weight excluding hydrogens is 318 g/mol. The highest BCUT2D eigenvalue weighted by Crippen LogP contribution is 2.18. The monoisotopic (exact) mass is 333 g/mol. The lowest BCUT2D eigenvalue weighted by Crippen LogP contribution is -2.42. The predicted octanol–water partition coefficient (Wildman–Crippen LogP) is 2.05. The minimum absolute atomic E-state index is 0.165. The quantitative estimate of drug-likeness (QED) is 0.431. The highest BCUT2D eigenvalue weighted by Gasteiger charge is 2.13. The van der Waals surface area contributed by atoms with Crippen molar-refractivity contribution in [3.8, 4) is 0 Å². The smallest absolute Gasteiger partial charge is 0.271 e. The number of fused-ring (bicyclic) bond motifs is 2. The predicted molar refractivity (Wildman–Crippen MR) is 93.7 cm³/mol. The maximum Gasteiger partial charge on any atom is 0.271 e. The molecule has 4 N–H and O–H groups in total. The molecule has 7 nitrogen and oxygen atoms in total. The fraction of sp³-hybridized carbons (Fsp3) is 0.0556. The third-order valence-corrected chi connectivity index (χ3v) is 4.06. The number of H-pyrrole nitrogens is 2. The number of benzene rings is 2. The van der Waals surface area contributed by atoms with Crippen LogP contribution in [-0.2, 0) is 11.2 Å². The first-order valence-corrected chi connectivity index (χ1v) is 7.78. The summed E-state index contributed by atoms with van der Waals surface area (Å²) in [4.78, 5) is 27.6. The van der Waals surface area contributed by atoms with Gasteiger partial charge in [-0.1, -0.05) is 30.3 Å². The maximum atomic E-state index is 12.3. The summed E-state index contributed by atoms with van der Waals surface area (Å²) >= 11 is 0. The van der Waals surface area contributed by atoms with Crippen LogP contribution >= 0.6 is 0 Å². The van der Waals surface area contributed by atoms with Gasteiger partial charge in [-0.25, -0.2) is 0 Å². The molecule has 0 radical (unpaired) electrons. The number of amides is 2. The molecule has 0 fully saturated rings. The van der Waals surface area contributed by atoms with Crippen molar-refractivity contribution in [2.75, 3.05) is 0 Å². The first-order valence-electron chi connectivity index (χ1n) is 7.78. The number of aromatic amines is 2. The minimum Gasteiger partial charge on any atom is -0.361 e. The van der Waals surface area contributed by atoms with Gasteiger partial charge in [-0.3, -0.25) is 25.5 Å². The molecule has 124 valence electrons. The van der Waals surface area contributed by atoms with Crippen LogP contribution in [0.15, 0.2) is 54.9 Å². The van der Waals surface area contributed by atoms with Crippen LogP contribution in [0.5, 0.6) is 0 Å². The second-order valence-electron chi connectivity index (χ2n) is 5.68. The van der Waals surface area contributed by atoms with Gasteiger partial charge >= 0.3 is 0 Å². The van der Waals surface area contributed by atoms with Crippen LogP contribution in [0.25, 0.3) is 21.8 Å². The van der Waals surface area contributed by atoms with Crippen molar-refractivity contribution in [2.45, 2.75) is 6.42 Å². The molecule has 0 spiro atoms. The molecule has 0 bridgehead atoms. The van der Waals surface area contributed by atoms with Crippen molar-refractivity contribution in [1.82, 2.24) is 26.0 Å². The van der Waals surface area contributed by atoms with Gasteiger partial charge in [-0.05, 0) is 17.7 Å². The standard InChI is InChI=1S/C18H15N5O2/c24-16(8-12-9-19-15-7-2-1-5-13(12)15)21-23-18(25)14-6-3-4-11-10-20-22-17(11)14/h1-7,9-10,19H,8H2,(H,20,22)(H,21,24)(H,23,25). The summed E-state index contributed by atoms with van der Waals surface area (Å²) < 4.78 is 0. The van der Waals surface area contributed by atoms with Crippen LogP contribution in [0.1, 0.15) is 15.9 Å². The van der Waals surface area contributed by atoms with E-state index in [0.29, 0.717) is 11.1 Å². The van der Waals surface area contributed by atoms with Crippen molar-refractivity contribution < 1.29 is 9.59 Å². The van der Waals surface area contributed by atoms with Crippen molar-refractivity contribution in [1.29, 1.82) is 0 Å². The summed E-state index contributed by atoms with van der Waals surface area (Å²) in [5, 5.41) is 8.53. The SMILES string of the molecule is O=C(Cc1c[nH]c2ccccc12)NNC(=O)c1cccc2cn[nH]c12. The first kappa shape index (κ1) is 14.9. The lowest BCUT2D eigenvalue weighted by molar-refractivity contribution is -0.121. The Morgan fingerprint density at radius 2 is 1.92 bits per heavy atom. The summed E-state index contributed by atoms with van der Waals surface area (Å²) in [7, 11) is 0. The molecule has 2 aromatic carbocycles. The topological polar surface area (TPSA) is 103 Å². The van der Waals surface area contributed by atoms with E-state index < -0.39 is 5.91 Å². The third-order valence-electron chi connectivity index (χ3n) is 4.06. The number of nitrogens with zero attached hydrogens (tertiary/aromatic N) is 1. The van der Waals surface area contributed by atoms with Gasteiger partial charge in [0.1, 0.15) is 0 Å². The van der Waals surface area contributed by atoms with Gasteiger partial charge in [0.05, 0.1) is 23.7 Å². The highest BCUT2D eigenvalue weighted by atomic mass is 16.2. The normalized spacial score (nSPS) is 10.9. The van der Waals surface area contributed by atoms with Gasteiger partial charge in [0.25, 0.3) is 5.91 Å². The molecular formula is C18H15N5O2. The summed E-state index contributed by atoms with van der Waals surface area (Å²) in [5.74, 6) is -0.697. The van der Waals surface area contributed by atoms with E-state index in [0.717, 1.165) is 21.9 Å². The van der Waals surface area contributed by atoms with E-state index in [1.807, 2.05) is 30.3 Å². The Hall–Kier alpha value is -3.61. The summed E-state index contributed by atoms with van der Waals surface area (Å²) in [6, 6.07) is 13.0. The van der Waals surface area contributed by atoms with E-state index in [1.54, 1.807) is 24.5 Å². The molecule has 0 unspecified atom stereocenters. The van der Waals surface area contributed by atoms with Gasteiger partial charge in [-0.2, -0.15) is 5.10 Å². The molecule has 0 saturated heterocycles. The van der Waals surface area contributed by atoms with Crippen LogP contribution in [-0.4, -0.2) is 27.0 Å². The number of rotatable bonds is 3. The van der Waals surface area contributed by atoms with Crippen molar-refractivity contribution in [2.24, 2.45) is 0 Å². The molecule has 0 aliphatic heterocycles. The van der Waals surface area contributed by atoms with Crippen molar-refractivity contribution in [3.05, 3.63) is 66.0 Å². The molecule has 4 rings (SSSR count). The van der Waals surface area contributed by atoms with E-state index in [1.165, 1.54) is 0 Å². The van der Waals surface area contributed by atoms with Crippen LogP contribution in [0.2, 0.25) is 0 Å². The Balaban J connectivity index is 1.43. The zero-order valence-corrected chi connectivity index (χ0v) is 13.2. The second kappa shape index (κ2) is 6.12. The van der Waals surface area contributed by atoms with E-state index >= 15 is 0 Å². The second-order valence-corrected chi connectivity index (χ2v) is 5.68. The first-order chi connectivity index (χ1) is 12.2. The summed E-state index contributed by atoms with van der Waals surface area (Å²) in [6.45, 7) is 0. The summed E-state index contributed by atoms with van der Waals surface area (Å²) in [5.41, 5.74) is 7.79. The fourth-order valence-corrected chi connectivity index (χ4v) is 2.85. The van der Waals surface area contributed by atoms with Gasteiger partial charge in [0, 0.05) is 22.5 Å². The Morgan fingerprint density at radius 3 is 2.84 bits per heavy atom. The van der Waals surface area contributed by atoms with Gasteiger partial charge in [0.15, 0.2) is 0 Å². The average Bonchev–Trinajstić information content (AvgIpc) is 3.26. The zero-order valence-electron chi connectivity index (χ0n) is 13.2. The largest absolute Gasteiger partial charge is 0.361 e. The van der Waals surface area contributed by atoms with Gasteiger partial charge < -0.3 is 4.98 Å². The minimum atomic E-state index is -0.401. The van der Waals surface area contributed by atoms with Crippen LogP contribution in [0.4, 0.5) is 0 Å². The number of hydrazine groups is 1. The Morgan fingerprint density at radius 1 is 1.04 bits per heavy atom. The third kappa shape index (κ3) is 2.83. The van der Waals surface area contributed by atoms with Gasteiger partial charge in [0.2, 0.25) is 5.91 Å². The number of para-hydroxylation sites is 2. The van der Waals surface area contributed by atoms with Crippen LogP contribution in [0.3, 0.4) is 0 Å². The molecule has 2 amide bonds. The highest BCUT2D eigenvalue weighted by molar-refractivity contribution is 6.05. The number of hydrogen-bond acceptors (Lipinski definition) is 3. The summed E-state index contributed by atoms with van der Waals surface area (Å²) in [6.07, 6.45) is 3.61. The van der Waals surface area contributed by atoms with Crippen LogP contribution < -0.4 is 10.9 Å². The Kier molecular flexibility index (Phi) is 3.66. The molecule has 0 aliphatic carbocycles. The van der Waals surface area contributed by atoms with E-state index in [-0.39, 0.29) is 12.3 Å². The zero-order chi connectivity index (χ0) is 17.2. The molecule has 2 heterocycles. The number of aromatic nitrogens is 3. The molecule has 2 aromatic heterocycles. The van der Waals surface area contributed by atoms with Crippen molar-refractivity contribution >= 4 is 33.6 Å². The van der Waals surface area contributed by atoms with E-state index in [9.17, 15) is 9.59 Å². The van der Waals surface area contributed by atoms with Crippen molar-refractivity contribution in [3.63, 3.8) is 0 Å².